The normalized spacial score (nSPS) is 14.2. The number of primary amides is 1. The predicted octanol–water partition coefficient (Wildman–Crippen LogP) is 2.09. The van der Waals surface area contributed by atoms with Crippen LogP contribution in [0.25, 0.3) is 17.1 Å². The fourth-order valence-corrected chi connectivity index (χ4v) is 3.64. The Morgan fingerprint density at radius 3 is 2.65 bits per heavy atom. The molecule has 1 saturated heterocycles. The summed E-state index contributed by atoms with van der Waals surface area (Å²) in [4.78, 5) is 24.6. The number of benzene rings is 1. The second-order valence-corrected chi connectivity index (χ2v) is 7.20. The summed E-state index contributed by atoms with van der Waals surface area (Å²) in [6.45, 7) is 3.28. The van der Waals surface area contributed by atoms with E-state index in [9.17, 15) is 4.79 Å². The van der Waals surface area contributed by atoms with E-state index < -0.39 is 5.91 Å². The average molecular weight is 419 g/mol. The van der Waals surface area contributed by atoms with Gasteiger partial charge in [0.15, 0.2) is 17.2 Å². The van der Waals surface area contributed by atoms with Crippen LogP contribution in [-0.2, 0) is 4.74 Å². The average Bonchev–Trinajstić information content (AvgIpc) is 3.49. The number of ether oxygens (including phenoxy) is 1. The Balaban J connectivity index is 1.46. The first kappa shape index (κ1) is 19.1. The molecule has 3 aromatic heterocycles. The highest BCUT2D eigenvalue weighted by molar-refractivity contribution is 5.93. The van der Waals surface area contributed by atoms with Crippen molar-refractivity contribution in [3.63, 3.8) is 0 Å². The molecular weight excluding hydrogens is 398 g/mol. The molecule has 10 nitrogen and oxygen atoms in total. The molecule has 1 amide bonds. The van der Waals surface area contributed by atoms with Crippen molar-refractivity contribution in [2.45, 2.75) is 0 Å². The van der Waals surface area contributed by atoms with Gasteiger partial charge in [0.25, 0.3) is 5.91 Å². The van der Waals surface area contributed by atoms with Gasteiger partial charge in [-0.15, -0.1) is 0 Å². The monoisotopic (exact) mass is 419 g/mol. The summed E-state index contributed by atoms with van der Waals surface area (Å²) in [5, 5.41) is 4.31. The lowest BCUT2D eigenvalue weighted by Gasteiger charge is -2.29. The molecule has 0 atom stereocenters. The van der Waals surface area contributed by atoms with Crippen LogP contribution in [0, 0.1) is 0 Å². The number of nitrogens with two attached hydrogens (primary N) is 1. The molecule has 0 saturated carbocycles. The molecule has 10 heteroatoms. The molecule has 2 N–H and O–H groups in total. The predicted molar refractivity (Wildman–Crippen MR) is 115 cm³/mol. The highest BCUT2D eigenvalue weighted by Gasteiger charge is 2.19. The van der Waals surface area contributed by atoms with Crippen LogP contribution in [0.4, 0.5) is 17.2 Å². The Morgan fingerprint density at radius 2 is 1.94 bits per heavy atom. The molecule has 0 bridgehead atoms. The first-order valence-electron chi connectivity index (χ1n) is 9.86. The maximum Gasteiger partial charge on any atom is 0.251 e. The number of hydrogen-bond donors (Lipinski definition) is 1. The smallest absolute Gasteiger partial charge is 0.251 e. The van der Waals surface area contributed by atoms with E-state index in [0.29, 0.717) is 22.9 Å². The molecule has 0 unspecified atom stereocenters. The van der Waals surface area contributed by atoms with Gasteiger partial charge in [0, 0.05) is 31.5 Å². The molecule has 1 aliphatic heterocycles. The van der Waals surface area contributed by atoms with Crippen molar-refractivity contribution in [2.75, 3.05) is 43.2 Å². The molecule has 5 rings (SSSR count). The third-order valence-electron chi connectivity index (χ3n) is 5.35. The first-order valence-corrected chi connectivity index (χ1v) is 9.86. The summed E-state index contributed by atoms with van der Waals surface area (Å²) in [5.74, 6) is 0.512. The molecule has 1 fully saturated rings. The van der Waals surface area contributed by atoms with E-state index in [2.05, 4.69) is 44.2 Å². The Morgan fingerprint density at radius 1 is 1.16 bits per heavy atom. The minimum Gasteiger partial charge on any atom is -0.462 e. The SMILES string of the molecule is CN(c1ccc(N2CCOCC2)cc1)c1ncc(-c2cc(C(N)=O)co2)n2ncnc12. The molecule has 31 heavy (non-hydrogen) atoms. The Labute approximate surface area is 177 Å². The molecule has 0 aliphatic carbocycles. The number of aromatic nitrogens is 4. The Hall–Kier alpha value is -3.92. The van der Waals surface area contributed by atoms with Crippen LogP contribution in [0.2, 0.25) is 0 Å². The highest BCUT2D eigenvalue weighted by Crippen LogP contribution is 2.30. The van der Waals surface area contributed by atoms with Crippen molar-refractivity contribution in [3.05, 3.63) is 54.7 Å². The van der Waals surface area contributed by atoms with Gasteiger partial charge in [-0.25, -0.2) is 14.5 Å². The quantitative estimate of drug-likeness (QED) is 0.523. The number of morpholine rings is 1. The third kappa shape index (κ3) is 3.46. The summed E-state index contributed by atoms with van der Waals surface area (Å²) >= 11 is 0. The fourth-order valence-electron chi connectivity index (χ4n) is 3.64. The second kappa shape index (κ2) is 7.73. The van der Waals surface area contributed by atoms with Gasteiger partial charge in [0.1, 0.15) is 18.3 Å². The van der Waals surface area contributed by atoms with E-state index >= 15 is 0 Å². The van der Waals surface area contributed by atoms with Gasteiger partial charge in [0.2, 0.25) is 0 Å². The van der Waals surface area contributed by atoms with Crippen LogP contribution in [-0.4, -0.2) is 58.8 Å². The van der Waals surface area contributed by atoms with Crippen LogP contribution in [0.15, 0.2) is 53.5 Å². The van der Waals surface area contributed by atoms with Gasteiger partial charge in [-0.3, -0.25) is 4.79 Å². The number of furan rings is 1. The summed E-state index contributed by atoms with van der Waals surface area (Å²) in [6, 6.07) is 9.87. The van der Waals surface area contributed by atoms with E-state index in [1.165, 1.54) is 18.3 Å². The van der Waals surface area contributed by atoms with E-state index in [1.807, 2.05) is 11.9 Å². The van der Waals surface area contributed by atoms with Gasteiger partial charge in [0.05, 0.1) is 25.0 Å². The summed E-state index contributed by atoms with van der Waals surface area (Å²) < 4.78 is 12.5. The molecule has 4 aromatic rings. The standard InChI is InChI=1S/C21H21N7O3/c1-26(15-2-4-16(5-3-15)27-6-8-30-9-7-27)20-21-24-13-25-28(21)17(11-23-20)18-10-14(12-31-18)19(22)29/h2-5,10-13H,6-9H2,1H3,(H2,22,29). The van der Waals surface area contributed by atoms with Crippen molar-refractivity contribution in [1.29, 1.82) is 0 Å². The van der Waals surface area contributed by atoms with Crippen molar-refractivity contribution in [2.24, 2.45) is 5.73 Å². The minimum atomic E-state index is -0.560. The fraction of sp³-hybridized carbons (Fsp3) is 0.238. The van der Waals surface area contributed by atoms with Gasteiger partial charge < -0.3 is 24.7 Å². The van der Waals surface area contributed by atoms with Crippen molar-refractivity contribution >= 4 is 28.7 Å². The number of hydrogen-bond acceptors (Lipinski definition) is 8. The zero-order valence-corrected chi connectivity index (χ0v) is 16.9. The number of amides is 1. The number of nitrogens with zero attached hydrogens (tertiary/aromatic N) is 6. The zero-order valence-electron chi connectivity index (χ0n) is 16.9. The number of anilines is 3. The first-order chi connectivity index (χ1) is 15.1. The Bertz CT molecular complexity index is 1230. The van der Waals surface area contributed by atoms with Crippen LogP contribution in [0.3, 0.4) is 0 Å². The molecular formula is C21H21N7O3. The molecule has 0 spiro atoms. The highest BCUT2D eigenvalue weighted by atomic mass is 16.5. The van der Waals surface area contributed by atoms with Gasteiger partial charge >= 0.3 is 0 Å². The van der Waals surface area contributed by atoms with Crippen molar-refractivity contribution < 1.29 is 13.9 Å². The lowest BCUT2D eigenvalue weighted by molar-refractivity contribution is 0.0999. The summed E-state index contributed by atoms with van der Waals surface area (Å²) in [6.07, 6.45) is 4.41. The van der Waals surface area contributed by atoms with Crippen LogP contribution < -0.4 is 15.5 Å². The van der Waals surface area contributed by atoms with Crippen molar-refractivity contribution in [1.82, 2.24) is 19.6 Å². The molecule has 1 aromatic carbocycles. The molecule has 0 radical (unpaired) electrons. The van der Waals surface area contributed by atoms with E-state index in [1.54, 1.807) is 16.8 Å². The topological polar surface area (TPSA) is 115 Å². The van der Waals surface area contributed by atoms with Crippen LogP contribution >= 0.6 is 0 Å². The number of carbonyl (C=O) groups is 1. The third-order valence-corrected chi connectivity index (χ3v) is 5.35. The second-order valence-electron chi connectivity index (χ2n) is 7.20. The van der Waals surface area contributed by atoms with E-state index in [-0.39, 0.29) is 5.56 Å². The lowest BCUT2D eigenvalue weighted by atomic mass is 10.2. The van der Waals surface area contributed by atoms with Crippen LogP contribution in [0.1, 0.15) is 10.4 Å². The maximum absolute atomic E-state index is 11.4. The summed E-state index contributed by atoms with van der Waals surface area (Å²) in [7, 11) is 1.93. The van der Waals surface area contributed by atoms with Gasteiger partial charge in [-0.2, -0.15) is 5.10 Å². The minimum absolute atomic E-state index is 0.282. The van der Waals surface area contributed by atoms with Crippen molar-refractivity contribution in [3.8, 4) is 11.5 Å². The van der Waals surface area contributed by atoms with Gasteiger partial charge in [-0.05, 0) is 30.3 Å². The number of fused-ring (bicyclic) bond motifs is 1. The van der Waals surface area contributed by atoms with Crippen LogP contribution in [0.5, 0.6) is 0 Å². The van der Waals surface area contributed by atoms with E-state index in [0.717, 1.165) is 32.0 Å². The molecule has 1 aliphatic rings. The maximum atomic E-state index is 11.4. The molecule has 4 heterocycles. The molecule has 158 valence electrons. The number of rotatable bonds is 5. The summed E-state index contributed by atoms with van der Waals surface area (Å²) in [5.41, 5.74) is 8.87. The number of carbonyl (C=O) groups excluding carboxylic acids is 1. The lowest BCUT2D eigenvalue weighted by Crippen LogP contribution is -2.36. The largest absolute Gasteiger partial charge is 0.462 e. The van der Waals surface area contributed by atoms with E-state index in [4.69, 9.17) is 14.9 Å². The zero-order chi connectivity index (χ0) is 21.4. The Kier molecular flexibility index (Phi) is 4.75. The van der Waals surface area contributed by atoms with Gasteiger partial charge in [-0.1, -0.05) is 0 Å².